The van der Waals surface area contributed by atoms with E-state index in [1.165, 1.54) is 0 Å². The van der Waals surface area contributed by atoms with Gasteiger partial charge in [0.1, 0.15) is 11.6 Å². The van der Waals surface area contributed by atoms with Gasteiger partial charge in [0.05, 0.1) is 23.2 Å². The lowest BCUT2D eigenvalue weighted by atomic mass is 10.1. The first kappa shape index (κ1) is 21.8. The van der Waals surface area contributed by atoms with Crippen LogP contribution < -0.4 is 15.4 Å². The second kappa shape index (κ2) is 9.64. The number of hydrogen-bond donors (Lipinski definition) is 2. The van der Waals surface area contributed by atoms with Gasteiger partial charge in [0.2, 0.25) is 5.91 Å². The standard InChI is InChI=1S/C19H21ClF3N3O2/c1-3-28-15-6-4-5-13(9-15)12(2)26-17(27)7-8-24-18-16(20)10-14(11-25-18)19(21,22)23/h4-6,9-12H,3,7-8H2,1-2H3,(H,24,25)(H,26,27). The Morgan fingerprint density at radius 1 is 1.32 bits per heavy atom. The molecule has 0 aliphatic carbocycles. The summed E-state index contributed by atoms with van der Waals surface area (Å²) >= 11 is 5.82. The number of nitrogens with one attached hydrogen (secondary N) is 2. The summed E-state index contributed by atoms with van der Waals surface area (Å²) in [4.78, 5) is 15.8. The number of pyridine rings is 1. The SMILES string of the molecule is CCOc1cccc(C(C)NC(=O)CCNc2ncc(C(F)(F)F)cc2Cl)c1. The van der Waals surface area contributed by atoms with Gasteiger partial charge in [-0.05, 0) is 37.6 Å². The minimum absolute atomic E-state index is 0.0972. The molecular formula is C19H21ClF3N3O2. The molecule has 1 amide bonds. The maximum atomic E-state index is 12.6. The van der Waals surface area contributed by atoms with Crippen LogP contribution in [-0.4, -0.2) is 24.0 Å². The first-order valence-electron chi connectivity index (χ1n) is 8.69. The molecular weight excluding hydrogens is 395 g/mol. The third-order valence-corrected chi connectivity index (χ3v) is 4.15. The van der Waals surface area contributed by atoms with Crippen LogP contribution in [0, 0.1) is 0 Å². The van der Waals surface area contributed by atoms with Gasteiger partial charge in [-0.15, -0.1) is 0 Å². The van der Waals surface area contributed by atoms with Crippen molar-refractivity contribution in [2.45, 2.75) is 32.5 Å². The number of amides is 1. The monoisotopic (exact) mass is 415 g/mol. The first-order valence-corrected chi connectivity index (χ1v) is 9.07. The van der Waals surface area contributed by atoms with E-state index in [9.17, 15) is 18.0 Å². The van der Waals surface area contributed by atoms with Crippen molar-refractivity contribution < 1.29 is 22.7 Å². The summed E-state index contributed by atoms with van der Waals surface area (Å²) in [5.74, 6) is 0.607. The van der Waals surface area contributed by atoms with Crippen LogP contribution in [0.25, 0.3) is 0 Å². The van der Waals surface area contributed by atoms with Crippen molar-refractivity contribution in [3.63, 3.8) is 0 Å². The zero-order chi connectivity index (χ0) is 20.7. The highest BCUT2D eigenvalue weighted by Gasteiger charge is 2.31. The lowest BCUT2D eigenvalue weighted by Gasteiger charge is -2.16. The largest absolute Gasteiger partial charge is 0.494 e. The average Bonchev–Trinajstić information content (AvgIpc) is 2.62. The van der Waals surface area contributed by atoms with Gasteiger partial charge >= 0.3 is 6.18 Å². The zero-order valence-electron chi connectivity index (χ0n) is 15.4. The van der Waals surface area contributed by atoms with Gasteiger partial charge in [0, 0.05) is 19.2 Å². The maximum Gasteiger partial charge on any atom is 0.417 e. The molecule has 0 aliphatic heterocycles. The number of rotatable bonds is 8. The number of carbonyl (C=O) groups is 1. The van der Waals surface area contributed by atoms with Gasteiger partial charge in [-0.2, -0.15) is 13.2 Å². The molecule has 0 radical (unpaired) electrons. The van der Waals surface area contributed by atoms with E-state index in [-0.39, 0.29) is 35.8 Å². The van der Waals surface area contributed by atoms with Crippen LogP contribution in [0.4, 0.5) is 19.0 Å². The van der Waals surface area contributed by atoms with Crippen LogP contribution in [0.15, 0.2) is 36.5 Å². The second-order valence-electron chi connectivity index (χ2n) is 6.02. The van der Waals surface area contributed by atoms with Crippen LogP contribution in [-0.2, 0) is 11.0 Å². The van der Waals surface area contributed by atoms with E-state index in [0.29, 0.717) is 12.8 Å². The fourth-order valence-corrected chi connectivity index (χ4v) is 2.69. The van der Waals surface area contributed by atoms with Crippen molar-refractivity contribution in [3.05, 3.63) is 52.7 Å². The third kappa shape index (κ3) is 6.30. The van der Waals surface area contributed by atoms with Crippen molar-refractivity contribution in [1.29, 1.82) is 0 Å². The molecule has 0 saturated carbocycles. The molecule has 2 N–H and O–H groups in total. The molecule has 0 fully saturated rings. The molecule has 1 aromatic carbocycles. The van der Waals surface area contributed by atoms with Crippen molar-refractivity contribution in [2.75, 3.05) is 18.5 Å². The molecule has 2 aromatic rings. The quantitative estimate of drug-likeness (QED) is 0.648. The summed E-state index contributed by atoms with van der Waals surface area (Å²) < 4.78 is 43.3. The minimum atomic E-state index is -4.51. The molecule has 0 bridgehead atoms. The Morgan fingerprint density at radius 3 is 2.71 bits per heavy atom. The first-order chi connectivity index (χ1) is 13.2. The van der Waals surface area contributed by atoms with E-state index < -0.39 is 11.7 Å². The smallest absolute Gasteiger partial charge is 0.417 e. The van der Waals surface area contributed by atoms with E-state index in [1.807, 2.05) is 38.1 Å². The summed E-state index contributed by atoms with van der Waals surface area (Å²) in [6.07, 6.45) is -3.71. The molecule has 1 unspecified atom stereocenters. The zero-order valence-corrected chi connectivity index (χ0v) is 16.2. The number of anilines is 1. The minimum Gasteiger partial charge on any atom is -0.494 e. The molecule has 1 atom stereocenters. The lowest BCUT2D eigenvalue weighted by molar-refractivity contribution is -0.137. The molecule has 0 saturated heterocycles. The van der Waals surface area contributed by atoms with Crippen LogP contribution in [0.5, 0.6) is 5.75 Å². The number of aromatic nitrogens is 1. The van der Waals surface area contributed by atoms with E-state index in [2.05, 4.69) is 15.6 Å². The van der Waals surface area contributed by atoms with Crippen molar-refractivity contribution in [2.24, 2.45) is 0 Å². The molecule has 28 heavy (non-hydrogen) atoms. The van der Waals surface area contributed by atoms with E-state index in [0.717, 1.165) is 17.4 Å². The topological polar surface area (TPSA) is 63.2 Å². The Labute approximate surface area is 166 Å². The van der Waals surface area contributed by atoms with E-state index in [1.54, 1.807) is 0 Å². The number of benzene rings is 1. The Morgan fingerprint density at radius 2 is 2.07 bits per heavy atom. The number of nitrogens with zero attached hydrogens (tertiary/aromatic N) is 1. The average molecular weight is 416 g/mol. The van der Waals surface area contributed by atoms with Gasteiger partial charge < -0.3 is 15.4 Å². The number of hydrogen-bond acceptors (Lipinski definition) is 4. The van der Waals surface area contributed by atoms with Crippen molar-refractivity contribution >= 4 is 23.3 Å². The van der Waals surface area contributed by atoms with Gasteiger partial charge in [0.25, 0.3) is 0 Å². The predicted octanol–water partition coefficient (Wildman–Crippen LogP) is 4.83. The highest BCUT2D eigenvalue weighted by atomic mass is 35.5. The Balaban J connectivity index is 1.85. The number of halogens is 4. The van der Waals surface area contributed by atoms with Crippen molar-refractivity contribution in [3.8, 4) is 5.75 Å². The summed E-state index contributed by atoms with van der Waals surface area (Å²) in [6.45, 7) is 4.47. The molecule has 2 rings (SSSR count). The molecule has 0 spiro atoms. The highest BCUT2D eigenvalue weighted by molar-refractivity contribution is 6.32. The second-order valence-corrected chi connectivity index (χ2v) is 6.43. The van der Waals surface area contributed by atoms with Crippen molar-refractivity contribution in [1.82, 2.24) is 10.3 Å². The Hall–Kier alpha value is -2.48. The molecule has 1 heterocycles. The van der Waals surface area contributed by atoms with Crippen LogP contribution in [0.3, 0.4) is 0 Å². The van der Waals surface area contributed by atoms with Crippen LogP contribution >= 0.6 is 11.6 Å². The molecule has 1 aromatic heterocycles. The fraction of sp³-hybridized carbons (Fsp3) is 0.368. The molecule has 5 nitrogen and oxygen atoms in total. The lowest BCUT2D eigenvalue weighted by Crippen LogP contribution is -2.28. The number of ether oxygens (including phenoxy) is 1. The van der Waals surface area contributed by atoms with Gasteiger partial charge in [-0.1, -0.05) is 23.7 Å². The van der Waals surface area contributed by atoms with Gasteiger partial charge in [-0.25, -0.2) is 4.98 Å². The summed E-state index contributed by atoms with van der Waals surface area (Å²) in [6, 6.07) is 8.01. The molecule has 9 heteroatoms. The molecule has 152 valence electrons. The van der Waals surface area contributed by atoms with Gasteiger partial charge in [-0.3, -0.25) is 4.79 Å². The van der Waals surface area contributed by atoms with Crippen LogP contribution in [0.2, 0.25) is 5.02 Å². The Kier molecular flexibility index (Phi) is 7.51. The maximum absolute atomic E-state index is 12.6. The third-order valence-electron chi connectivity index (χ3n) is 3.86. The number of carbonyl (C=O) groups excluding carboxylic acids is 1. The number of alkyl halides is 3. The summed E-state index contributed by atoms with van der Waals surface area (Å²) in [7, 11) is 0. The van der Waals surface area contributed by atoms with Gasteiger partial charge in [0.15, 0.2) is 0 Å². The highest BCUT2D eigenvalue weighted by Crippen LogP contribution is 2.32. The molecule has 0 aliphatic rings. The Bertz CT molecular complexity index is 815. The van der Waals surface area contributed by atoms with E-state index >= 15 is 0 Å². The summed E-state index contributed by atoms with van der Waals surface area (Å²) in [5.41, 5.74) is -0.0244. The summed E-state index contributed by atoms with van der Waals surface area (Å²) in [5, 5.41) is 5.47. The normalized spacial score (nSPS) is 12.4. The van der Waals surface area contributed by atoms with E-state index in [4.69, 9.17) is 16.3 Å². The predicted molar refractivity (Wildman–Crippen MR) is 102 cm³/mol. The van der Waals surface area contributed by atoms with Crippen LogP contribution in [0.1, 0.15) is 37.4 Å². The fourth-order valence-electron chi connectivity index (χ4n) is 2.45.